The Morgan fingerprint density at radius 3 is 2.44 bits per heavy atom. The summed E-state index contributed by atoms with van der Waals surface area (Å²) < 4.78 is 13.6. The first-order valence-electron chi connectivity index (χ1n) is 5.02. The molecule has 0 spiro atoms. The van der Waals surface area contributed by atoms with Gasteiger partial charge in [0.2, 0.25) is 0 Å². The first kappa shape index (κ1) is 13.1. The molecule has 0 aliphatic carbocycles. The molecule has 0 saturated carbocycles. The van der Waals surface area contributed by atoms with Crippen molar-refractivity contribution in [2.45, 2.75) is 9.79 Å². The molecule has 0 bridgehead atoms. The molecule has 92 valence electrons. The second kappa shape index (κ2) is 5.54. The summed E-state index contributed by atoms with van der Waals surface area (Å²) in [5.74, 6) is -1.29. The monoisotopic (exact) mass is 326 g/mol. The molecule has 18 heavy (non-hydrogen) atoms. The van der Waals surface area contributed by atoms with E-state index in [4.69, 9.17) is 5.11 Å². The molecular formula is C13H8BrFO2S. The number of hydrogen-bond acceptors (Lipinski definition) is 2. The van der Waals surface area contributed by atoms with Crippen LogP contribution in [0.4, 0.5) is 4.39 Å². The zero-order valence-corrected chi connectivity index (χ0v) is 11.5. The van der Waals surface area contributed by atoms with Crippen molar-refractivity contribution in [3.63, 3.8) is 0 Å². The molecule has 0 unspecified atom stereocenters. The first-order chi connectivity index (χ1) is 8.56. The second-order valence-electron chi connectivity index (χ2n) is 3.50. The van der Waals surface area contributed by atoms with Crippen LogP contribution < -0.4 is 0 Å². The highest BCUT2D eigenvalue weighted by Crippen LogP contribution is 2.32. The van der Waals surface area contributed by atoms with E-state index < -0.39 is 5.97 Å². The third-order valence-electron chi connectivity index (χ3n) is 2.22. The Morgan fingerprint density at radius 1 is 1.17 bits per heavy atom. The van der Waals surface area contributed by atoms with E-state index in [-0.39, 0.29) is 11.4 Å². The number of hydrogen-bond donors (Lipinski definition) is 1. The summed E-state index contributed by atoms with van der Waals surface area (Å²) in [6.07, 6.45) is 0. The van der Waals surface area contributed by atoms with E-state index >= 15 is 0 Å². The lowest BCUT2D eigenvalue weighted by atomic mass is 10.2. The third kappa shape index (κ3) is 3.11. The van der Waals surface area contributed by atoms with E-state index in [1.165, 1.54) is 30.0 Å². The number of benzene rings is 2. The standard InChI is InChI=1S/C13H8BrFO2S/c14-8-1-6-11(13(16)17)12(7-8)18-10-4-2-9(15)3-5-10/h1-7H,(H,16,17). The van der Waals surface area contributed by atoms with Crippen molar-refractivity contribution in [2.75, 3.05) is 0 Å². The molecule has 0 fully saturated rings. The largest absolute Gasteiger partial charge is 0.478 e. The van der Waals surface area contributed by atoms with Crippen LogP contribution in [0.5, 0.6) is 0 Å². The number of carbonyl (C=O) groups is 1. The molecule has 2 aromatic rings. The SMILES string of the molecule is O=C(O)c1ccc(Br)cc1Sc1ccc(F)cc1. The van der Waals surface area contributed by atoms with E-state index in [2.05, 4.69) is 15.9 Å². The van der Waals surface area contributed by atoms with Gasteiger partial charge in [0.15, 0.2) is 0 Å². The summed E-state index contributed by atoms with van der Waals surface area (Å²) in [6, 6.07) is 10.9. The molecule has 0 aromatic heterocycles. The Bertz CT molecular complexity index is 584. The van der Waals surface area contributed by atoms with E-state index in [1.807, 2.05) is 0 Å². The van der Waals surface area contributed by atoms with Crippen molar-refractivity contribution in [3.05, 3.63) is 58.3 Å². The smallest absolute Gasteiger partial charge is 0.336 e. The Morgan fingerprint density at radius 2 is 1.83 bits per heavy atom. The minimum Gasteiger partial charge on any atom is -0.478 e. The van der Waals surface area contributed by atoms with Gasteiger partial charge in [-0.15, -0.1) is 0 Å². The molecule has 2 nitrogen and oxygen atoms in total. The molecule has 0 aliphatic heterocycles. The summed E-state index contributed by atoms with van der Waals surface area (Å²) in [4.78, 5) is 12.5. The maximum Gasteiger partial charge on any atom is 0.336 e. The van der Waals surface area contributed by atoms with Crippen molar-refractivity contribution >= 4 is 33.7 Å². The van der Waals surface area contributed by atoms with Gasteiger partial charge < -0.3 is 5.11 Å². The van der Waals surface area contributed by atoms with Crippen LogP contribution >= 0.6 is 27.7 Å². The van der Waals surface area contributed by atoms with Crippen LogP contribution in [0.1, 0.15) is 10.4 Å². The number of carboxylic acid groups (broad SMARTS) is 1. The van der Waals surface area contributed by atoms with Gasteiger partial charge in [0, 0.05) is 14.3 Å². The number of aromatic carboxylic acids is 1. The molecule has 0 atom stereocenters. The normalized spacial score (nSPS) is 10.3. The van der Waals surface area contributed by atoms with Gasteiger partial charge in [-0.1, -0.05) is 27.7 Å². The molecule has 1 N–H and O–H groups in total. The Kier molecular flexibility index (Phi) is 4.04. The summed E-state index contributed by atoms with van der Waals surface area (Å²) in [6.45, 7) is 0. The van der Waals surface area contributed by atoms with Gasteiger partial charge in [-0.05, 0) is 42.5 Å². The molecular weight excluding hydrogens is 319 g/mol. The fourth-order valence-corrected chi connectivity index (χ4v) is 2.88. The molecule has 0 heterocycles. The van der Waals surface area contributed by atoms with Gasteiger partial charge in [-0.2, -0.15) is 0 Å². The maximum absolute atomic E-state index is 12.8. The highest BCUT2D eigenvalue weighted by atomic mass is 79.9. The van der Waals surface area contributed by atoms with Gasteiger partial charge in [0.25, 0.3) is 0 Å². The predicted molar refractivity (Wildman–Crippen MR) is 71.6 cm³/mol. The molecule has 5 heteroatoms. The van der Waals surface area contributed by atoms with Crippen LogP contribution in [-0.4, -0.2) is 11.1 Å². The van der Waals surface area contributed by atoms with Crippen LogP contribution in [0, 0.1) is 5.82 Å². The molecule has 2 rings (SSSR count). The lowest BCUT2D eigenvalue weighted by Crippen LogP contribution is -1.98. The van der Waals surface area contributed by atoms with Crippen molar-refractivity contribution in [2.24, 2.45) is 0 Å². The summed E-state index contributed by atoms with van der Waals surface area (Å²) in [7, 11) is 0. The maximum atomic E-state index is 12.8. The third-order valence-corrected chi connectivity index (χ3v) is 3.77. The van der Waals surface area contributed by atoms with Crippen molar-refractivity contribution in [1.29, 1.82) is 0 Å². The second-order valence-corrected chi connectivity index (χ2v) is 5.53. The van der Waals surface area contributed by atoms with Gasteiger partial charge in [0.1, 0.15) is 5.82 Å². The fraction of sp³-hybridized carbons (Fsp3) is 0. The average Bonchev–Trinajstić information content (AvgIpc) is 2.32. The van der Waals surface area contributed by atoms with Gasteiger partial charge in [-0.3, -0.25) is 0 Å². The minimum atomic E-state index is -0.980. The van der Waals surface area contributed by atoms with E-state index in [0.717, 1.165) is 9.37 Å². The van der Waals surface area contributed by atoms with E-state index in [1.54, 1.807) is 24.3 Å². The molecule has 0 aliphatic rings. The minimum absolute atomic E-state index is 0.229. The van der Waals surface area contributed by atoms with E-state index in [0.29, 0.717) is 4.90 Å². The zero-order valence-electron chi connectivity index (χ0n) is 9.06. The number of carboxylic acids is 1. The molecule has 2 aromatic carbocycles. The van der Waals surface area contributed by atoms with Gasteiger partial charge >= 0.3 is 5.97 Å². The van der Waals surface area contributed by atoms with Gasteiger partial charge in [-0.25, -0.2) is 9.18 Å². The first-order valence-corrected chi connectivity index (χ1v) is 6.63. The lowest BCUT2D eigenvalue weighted by Gasteiger charge is -2.06. The van der Waals surface area contributed by atoms with Crippen molar-refractivity contribution in [1.82, 2.24) is 0 Å². The highest BCUT2D eigenvalue weighted by molar-refractivity contribution is 9.10. The number of halogens is 2. The zero-order chi connectivity index (χ0) is 13.1. The van der Waals surface area contributed by atoms with Crippen LogP contribution in [0.25, 0.3) is 0 Å². The van der Waals surface area contributed by atoms with Crippen LogP contribution in [0.2, 0.25) is 0 Å². The van der Waals surface area contributed by atoms with E-state index in [9.17, 15) is 9.18 Å². The molecule has 0 amide bonds. The molecule has 0 saturated heterocycles. The highest BCUT2D eigenvalue weighted by Gasteiger charge is 2.11. The Hall–Kier alpha value is -1.33. The quantitative estimate of drug-likeness (QED) is 0.906. The summed E-state index contributed by atoms with van der Waals surface area (Å²) >= 11 is 4.59. The van der Waals surface area contributed by atoms with Crippen molar-refractivity contribution in [3.8, 4) is 0 Å². The topological polar surface area (TPSA) is 37.3 Å². The fourth-order valence-electron chi connectivity index (χ4n) is 1.39. The lowest BCUT2D eigenvalue weighted by molar-refractivity contribution is 0.0693. The summed E-state index contributed by atoms with van der Waals surface area (Å²) in [5, 5.41) is 9.09. The molecule has 0 radical (unpaired) electrons. The average molecular weight is 327 g/mol. The van der Waals surface area contributed by atoms with Crippen LogP contribution in [0.3, 0.4) is 0 Å². The van der Waals surface area contributed by atoms with Crippen LogP contribution in [0.15, 0.2) is 56.7 Å². The Labute approximate surface area is 116 Å². The number of rotatable bonds is 3. The summed E-state index contributed by atoms with van der Waals surface area (Å²) in [5.41, 5.74) is 0.229. The predicted octanol–water partition coefficient (Wildman–Crippen LogP) is 4.44. The van der Waals surface area contributed by atoms with Crippen LogP contribution in [-0.2, 0) is 0 Å². The van der Waals surface area contributed by atoms with Crippen molar-refractivity contribution < 1.29 is 14.3 Å². The Balaban J connectivity index is 2.35. The van der Waals surface area contributed by atoms with Gasteiger partial charge in [0.05, 0.1) is 5.56 Å².